The molecule has 6 nitrogen and oxygen atoms in total. The highest BCUT2D eigenvalue weighted by molar-refractivity contribution is 5.88. The second kappa shape index (κ2) is 3.75. The number of aromatic nitrogens is 2. The fourth-order valence-corrected chi connectivity index (χ4v) is 1.56. The molecule has 1 amide bonds. The van der Waals surface area contributed by atoms with Crippen LogP contribution in [0.15, 0.2) is 4.52 Å². The molecule has 1 unspecified atom stereocenters. The number of carbonyl (C=O) groups excluding carboxylic acids is 1. The van der Waals surface area contributed by atoms with Crippen molar-refractivity contribution >= 4 is 5.91 Å². The molecule has 0 spiro atoms. The van der Waals surface area contributed by atoms with Gasteiger partial charge in [-0.1, -0.05) is 5.16 Å². The predicted molar refractivity (Wildman–Crippen MR) is 47.7 cm³/mol. The summed E-state index contributed by atoms with van der Waals surface area (Å²) in [5.41, 5.74) is 5.02. The molecule has 1 fully saturated rings. The zero-order valence-electron chi connectivity index (χ0n) is 7.69. The summed E-state index contributed by atoms with van der Waals surface area (Å²) in [7, 11) is 0. The average molecular weight is 196 g/mol. The van der Waals surface area contributed by atoms with Crippen LogP contribution in [-0.4, -0.2) is 29.1 Å². The summed E-state index contributed by atoms with van der Waals surface area (Å²) in [4.78, 5) is 14.7. The minimum atomic E-state index is -0.649. The van der Waals surface area contributed by atoms with Crippen molar-refractivity contribution in [1.82, 2.24) is 15.5 Å². The van der Waals surface area contributed by atoms with Crippen LogP contribution in [0.1, 0.15) is 35.3 Å². The van der Waals surface area contributed by atoms with Crippen LogP contribution in [0.25, 0.3) is 0 Å². The van der Waals surface area contributed by atoms with Crippen molar-refractivity contribution in [3.05, 3.63) is 11.7 Å². The molecule has 0 aliphatic carbocycles. The Labute approximate surface area is 80.9 Å². The highest BCUT2D eigenvalue weighted by Gasteiger charge is 2.22. The van der Waals surface area contributed by atoms with E-state index < -0.39 is 5.91 Å². The second-order valence-electron chi connectivity index (χ2n) is 3.36. The number of amides is 1. The molecule has 1 saturated heterocycles. The van der Waals surface area contributed by atoms with Crippen LogP contribution >= 0.6 is 0 Å². The van der Waals surface area contributed by atoms with Crippen LogP contribution in [0, 0.1) is 0 Å². The Morgan fingerprint density at radius 1 is 1.64 bits per heavy atom. The first-order valence-electron chi connectivity index (χ1n) is 4.61. The number of nitrogens with zero attached hydrogens (tertiary/aromatic N) is 2. The van der Waals surface area contributed by atoms with Gasteiger partial charge in [0.2, 0.25) is 5.89 Å². The molecule has 1 aromatic rings. The fourth-order valence-electron chi connectivity index (χ4n) is 1.56. The largest absolute Gasteiger partial charge is 0.363 e. The third-order valence-electron chi connectivity index (χ3n) is 2.31. The summed E-state index contributed by atoms with van der Waals surface area (Å²) >= 11 is 0. The van der Waals surface area contributed by atoms with Crippen molar-refractivity contribution in [2.75, 3.05) is 13.1 Å². The molecule has 2 rings (SSSR count). The molecule has 0 saturated carbocycles. The molecule has 3 N–H and O–H groups in total. The average Bonchev–Trinajstić information content (AvgIpc) is 2.68. The van der Waals surface area contributed by atoms with E-state index in [2.05, 4.69) is 15.5 Å². The molecular formula is C8H12N4O2. The van der Waals surface area contributed by atoms with E-state index in [0.717, 1.165) is 25.9 Å². The molecule has 1 aliphatic rings. The first-order valence-corrected chi connectivity index (χ1v) is 4.61. The zero-order chi connectivity index (χ0) is 9.97. The number of hydrogen-bond acceptors (Lipinski definition) is 5. The van der Waals surface area contributed by atoms with Gasteiger partial charge in [-0.2, -0.15) is 4.98 Å². The van der Waals surface area contributed by atoms with Crippen molar-refractivity contribution in [1.29, 1.82) is 0 Å². The summed E-state index contributed by atoms with van der Waals surface area (Å²) in [6, 6.07) is 0. The molecule has 6 heteroatoms. The standard InChI is InChI=1S/C8H12N4O2/c9-6(13)7-11-8(14-12-7)5-2-1-3-10-4-5/h5,10H,1-4H2,(H2,9,13). The molecule has 1 aromatic heterocycles. The van der Waals surface area contributed by atoms with Gasteiger partial charge in [0.25, 0.3) is 11.7 Å². The molecule has 2 heterocycles. The number of piperidine rings is 1. The third-order valence-corrected chi connectivity index (χ3v) is 2.31. The molecule has 0 aromatic carbocycles. The van der Waals surface area contributed by atoms with Crippen LogP contribution in [0.4, 0.5) is 0 Å². The van der Waals surface area contributed by atoms with E-state index in [1.165, 1.54) is 0 Å². The second-order valence-corrected chi connectivity index (χ2v) is 3.36. The van der Waals surface area contributed by atoms with Crippen molar-refractivity contribution in [3.63, 3.8) is 0 Å². The van der Waals surface area contributed by atoms with Gasteiger partial charge in [0.05, 0.1) is 5.92 Å². The highest BCUT2D eigenvalue weighted by Crippen LogP contribution is 2.20. The maximum Gasteiger partial charge on any atom is 0.290 e. The Balaban J connectivity index is 2.11. The molecule has 0 bridgehead atoms. The monoisotopic (exact) mass is 196 g/mol. The Hall–Kier alpha value is -1.43. The lowest BCUT2D eigenvalue weighted by molar-refractivity contribution is 0.0987. The van der Waals surface area contributed by atoms with E-state index in [4.69, 9.17) is 10.3 Å². The Bertz CT molecular complexity index is 330. The number of hydrogen-bond donors (Lipinski definition) is 2. The van der Waals surface area contributed by atoms with Gasteiger partial charge in [-0.25, -0.2) is 0 Å². The summed E-state index contributed by atoms with van der Waals surface area (Å²) in [6.07, 6.45) is 2.09. The van der Waals surface area contributed by atoms with Crippen LogP contribution in [-0.2, 0) is 0 Å². The van der Waals surface area contributed by atoms with E-state index >= 15 is 0 Å². The maximum absolute atomic E-state index is 10.7. The molecule has 76 valence electrons. The first-order chi connectivity index (χ1) is 6.77. The number of nitrogens with two attached hydrogens (primary N) is 1. The normalized spacial score (nSPS) is 22.1. The van der Waals surface area contributed by atoms with Gasteiger partial charge in [0.1, 0.15) is 0 Å². The van der Waals surface area contributed by atoms with E-state index in [1.54, 1.807) is 0 Å². The minimum Gasteiger partial charge on any atom is -0.363 e. The lowest BCUT2D eigenvalue weighted by Gasteiger charge is -2.18. The van der Waals surface area contributed by atoms with Gasteiger partial charge in [-0.05, 0) is 19.4 Å². The van der Waals surface area contributed by atoms with Crippen molar-refractivity contribution in [3.8, 4) is 0 Å². The van der Waals surface area contributed by atoms with Gasteiger partial charge in [0.15, 0.2) is 0 Å². The van der Waals surface area contributed by atoms with E-state index in [1.807, 2.05) is 0 Å². The third kappa shape index (κ3) is 1.74. The molecule has 1 atom stereocenters. The van der Waals surface area contributed by atoms with E-state index in [9.17, 15) is 4.79 Å². The highest BCUT2D eigenvalue weighted by atomic mass is 16.5. The van der Waals surface area contributed by atoms with Gasteiger partial charge >= 0.3 is 0 Å². The summed E-state index contributed by atoms with van der Waals surface area (Å²) in [6.45, 7) is 1.84. The van der Waals surface area contributed by atoms with Gasteiger partial charge in [0, 0.05) is 6.54 Å². The van der Waals surface area contributed by atoms with Gasteiger partial charge < -0.3 is 15.6 Å². The molecule has 0 radical (unpaired) electrons. The number of primary amides is 1. The quantitative estimate of drug-likeness (QED) is 0.673. The minimum absolute atomic E-state index is 0.0365. The van der Waals surface area contributed by atoms with Crippen LogP contribution < -0.4 is 11.1 Å². The molecule has 1 aliphatic heterocycles. The number of rotatable bonds is 2. The number of nitrogens with one attached hydrogen (secondary N) is 1. The van der Waals surface area contributed by atoms with Gasteiger partial charge in [-0.15, -0.1) is 0 Å². The van der Waals surface area contributed by atoms with Crippen molar-refractivity contribution in [2.45, 2.75) is 18.8 Å². The summed E-state index contributed by atoms with van der Waals surface area (Å²) in [5, 5.41) is 6.73. The topological polar surface area (TPSA) is 94.0 Å². The predicted octanol–water partition coefficient (Wildman–Crippen LogP) is -0.365. The fraction of sp³-hybridized carbons (Fsp3) is 0.625. The van der Waals surface area contributed by atoms with E-state index in [0.29, 0.717) is 5.89 Å². The molecular weight excluding hydrogens is 184 g/mol. The number of carbonyl (C=O) groups is 1. The molecule has 14 heavy (non-hydrogen) atoms. The first kappa shape index (κ1) is 9.14. The lowest BCUT2D eigenvalue weighted by atomic mass is 10.00. The maximum atomic E-state index is 10.7. The Kier molecular flexibility index (Phi) is 2.45. The van der Waals surface area contributed by atoms with Crippen LogP contribution in [0.3, 0.4) is 0 Å². The Morgan fingerprint density at radius 2 is 2.50 bits per heavy atom. The Morgan fingerprint density at radius 3 is 3.07 bits per heavy atom. The van der Waals surface area contributed by atoms with Gasteiger partial charge in [-0.3, -0.25) is 4.79 Å². The van der Waals surface area contributed by atoms with Crippen molar-refractivity contribution in [2.24, 2.45) is 5.73 Å². The lowest BCUT2D eigenvalue weighted by Crippen LogP contribution is -2.28. The summed E-state index contributed by atoms with van der Waals surface area (Å²) < 4.78 is 4.96. The SMILES string of the molecule is NC(=O)c1noc(C2CCCNC2)n1. The van der Waals surface area contributed by atoms with Crippen LogP contribution in [0.5, 0.6) is 0 Å². The van der Waals surface area contributed by atoms with Crippen LogP contribution in [0.2, 0.25) is 0 Å². The van der Waals surface area contributed by atoms with E-state index in [-0.39, 0.29) is 11.7 Å². The summed E-state index contributed by atoms with van der Waals surface area (Å²) in [5.74, 6) is 0.0321. The zero-order valence-corrected chi connectivity index (χ0v) is 7.69. The van der Waals surface area contributed by atoms with Crippen molar-refractivity contribution < 1.29 is 9.32 Å². The smallest absolute Gasteiger partial charge is 0.290 e.